The molecule has 2 rings (SSSR count). The maximum atomic E-state index is 9.11. The lowest BCUT2D eigenvalue weighted by Crippen LogP contribution is -2.11. The van der Waals surface area contributed by atoms with Crippen LogP contribution in [-0.2, 0) is 0 Å². The van der Waals surface area contributed by atoms with Crippen LogP contribution in [0.3, 0.4) is 0 Å². The molecule has 2 aromatic rings. The number of nitrogens with zero attached hydrogens (tertiary/aromatic N) is 4. The molecule has 0 aliphatic rings. The number of anilines is 1. The zero-order chi connectivity index (χ0) is 10.7. The fourth-order valence-corrected chi connectivity index (χ4v) is 1.28. The minimum Gasteiger partial charge on any atom is -0.393 e. The molecule has 0 spiro atoms. The Morgan fingerprint density at radius 2 is 2.47 bits per heavy atom. The predicted octanol–water partition coefficient (Wildman–Crippen LogP) is 0.307. The van der Waals surface area contributed by atoms with Crippen LogP contribution in [0.1, 0.15) is 13.3 Å². The molecule has 1 unspecified atom stereocenters. The van der Waals surface area contributed by atoms with Crippen molar-refractivity contribution in [1.29, 1.82) is 0 Å². The van der Waals surface area contributed by atoms with Gasteiger partial charge in [0.1, 0.15) is 6.33 Å². The summed E-state index contributed by atoms with van der Waals surface area (Å²) in [5, 5.41) is 20.0. The van der Waals surface area contributed by atoms with Crippen molar-refractivity contribution in [2.24, 2.45) is 0 Å². The van der Waals surface area contributed by atoms with E-state index in [4.69, 9.17) is 5.11 Å². The van der Waals surface area contributed by atoms with Crippen LogP contribution in [0.4, 0.5) is 5.82 Å². The third kappa shape index (κ3) is 2.21. The van der Waals surface area contributed by atoms with Crippen LogP contribution in [0.2, 0.25) is 0 Å². The molecule has 0 saturated heterocycles. The number of hydrogen-bond donors (Lipinski definition) is 2. The van der Waals surface area contributed by atoms with Crippen molar-refractivity contribution in [3.8, 4) is 0 Å². The molecular formula is C9H13N5O. The normalized spacial score (nSPS) is 12.9. The summed E-state index contributed by atoms with van der Waals surface area (Å²) in [6.45, 7) is 2.42. The van der Waals surface area contributed by atoms with E-state index in [9.17, 15) is 0 Å². The summed E-state index contributed by atoms with van der Waals surface area (Å²) in [7, 11) is 0. The third-order valence-corrected chi connectivity index (χ3v) is 2.07. The summed E-state index contributed by atoms with van der Waals surface area (Å²) in [5.74, 6) is 0.690. The van der Waals surface area contributed by atoms with E-state index in [2.05, 4.69) is 20.5 Å². The van der Waals surface area contributed by atoms with E-state index in [0.717, 1.165) is 0 Å². The Balaban J connectivity index is 2.10. The summed E-state index contributed by atoms with van der Waals surface area (Å²) in [6.07, 6.45) is 5.46. The average molecular weight is 207 g/mol. The summed E-state index contributed by atoms with van der Waals surface area (Å²) >= 11 is 0. The van der Waals surface area contributed by atoms with Gasteiger partial charge in [0, 0.05) is 18.9 Å². The van der Waals surface area contributed by atoms with E-state index in [-0.39, 0.29) is 6.10 Å². The van der Waals surface area contributed by atoms with Crippen LogP contribution in [0.25, 0.3) is 5.65 Å². The molecule has 15 heavy (non-hydrogen) atoms. The smallest absolute Gasteiger partial charge is 0.203 e. The fraction of sp³-hybridized carbons (Fsp3) is 0.444. The van der Waals surface area contributed by atoms with Gasteiger partial charge in [-0.1, -0.05) is 0 Å². The molecule has 80 valence electrons. The first-order chi connectivity index (χ1) is 7.27. The number of fused-ring (bicyclic) bond motifs is 1. The quantitative estimate of drug-likeness (QED) is 0.754. The zero-order valence-corrected chi connectivity index (χ0v) is 8.46. The van der Waals surface area contributed by atoms with Crippen molar-refractivity contribution >= 4 is 11.5 Å². The van der Waals surface area contributed by atoms with E-state index < -0.39 is 0 Å². The minimum atomic E-state index is -0.310. The second-order valence-corrected chi connectivity index (χ2v) is 3.40. The van der Waals surface area contributed by atoms with Crippen molar-refractivity contribution < 1.29 is 5.11 Å². The standard InChI is InChI=1S/C9H13N5O/c1-7(15)2-3-10-8-9-13-12-6-14(9)5-4-11-8/h4-7,15H,2-3H2,1H3,(H,10,11). The Morgan fingerprint density at radius 1 is 1.60 bits per heavy atom. The maximum absolute atomic E-state index is 9.11. The second kappa shape index (κ2) is 4.22. The van der Waals surface area contributed by atoms with Crippen molar-refractivity contribution in [2.45, 2.75) is 19.4 Å². The fourth-order valence-electron chi connectivity index (χ4n) is 1.28. The van der Waals surface area contributed by atoms with E-state index in [1.54, 1.807) is 30.0 Å². The van der Waals surface area contributed by atoms with Crippen LogP contribution in [0.15, 0.2) is 18.7 Å². The number of aliphatic hydroxyl groups is 1. The Morgan fingerprint density at radius 3 is 3.27 bits per heavy atom. The monoisotopic (exact) mass is 207 g/mol. The van der Waals surface area contributed by atoms with Gasteiger partial charge in [0.05, 0.1) is 6.10 Å². The molecule has 0 aliphatic carbocycles. The Kier molecular flexibility index (Phi) is 2.77. The van der Waals surface area contributed by atoms with Gasteiger partial charge in [0.15, 0.2) is 5.82 Å². The summed E-state index contributed by atoms with van der Waals surface area (Å²) in [6, 6.07) is 0. The number of nitrogens with one attached hydrogen (secondary N) is 1. The Bertz CT molecular complexity index is 439. The highest BCUT2D eigenvalue weighted by Crippen LogP contribution is 2.09. The van der Waals surface area contributed by atoms with E-state index >= 15 is 0 Å². The SMILES string of the molecule is CC(O)CCNc1nccn2cnnc12. The van der Waals surface area contributed by atoms with Gasteiger partial charge in [-0.15, -0.1) is 10.2 Å². The zero-order valence-electron chi connectivity index (χ0n) is 8.46. The molecule has 0 saturated carbocycles. The predicted molar refractivity (Wildman–Crippen MR) is 55.6 cm³/mol. The molecular weight excluding hydrogens is 194 g/mol. The lowest BCUT2D eigenvalue weighted by atomic mass is 10.3. The molecule has 2 aromatic heterocycles. The molecule has 2 heterocycles. The first-order valence-electron chi connectivity index (χ1n) is 4.83. The van der Waals surface area contributed by atoms with Crippen molar-refractivity contribution in [3.63, 3.8) is 0 Å². The maximum Gasteiger partial charge on any atom is 0.203 e. The van der Waals surface area contributed by atoms with Gasteiger partial charge in [-0.05, 0) is 13.3 Å². The number of rotatable bonds is 4. The van der Waals surface area contributed by atoms with Crippen LogP contribution >= 0.6 is 0 Å². The van der Waals surface area contributed by atoms with Crippen LogP contribution in [0, 0.1) is 0 Å². The van der Waals surface area contributed by atoms with Crippen molar-refractivity contribution in [1.82, 2.24) is 19.6 Å². The first kappa shape index (κ1) is 9.85. The molecule has 0 bridgehead atoms. The number of hydrogen-bond acceptors (Lipinski definition) is 5. The molecule has 2 N–H and O–H groups in total. The molecule has 0 fully saturated rings. The van der Waals surface area contributed by atoms with Crippen LogP contribution in [0.5, 0.6) is 0 Å². The molecule has 1 atom stereocenters. The van der Waals surface area contributed by atoms with Gasteiger partial charge in [-0.3, -0.25) is 4.40 Å². The largest absolute Gasteiger partial charge is 0.393 e. The van der Waals surface area contributed by atoms with Gasteiger partial charge >= 0.3 is 0 Å². The number of aliphatic hydroxyl groups excluding tert-OH is 1. The van der Waals surface area contributed by atoms with E-state index in [0.29, 0.717) is 24.4 Å². The topological polar surface area (TPSA) is 75.3 Å². The molecule has 6 nitrogen and oxygen atoms in total. The third-order valence-electron chi connectivity index (χ3n) is 2.07. The molecule has 0 radical (unpaired) electrons. The molecule has 0 amide bonds. The van der Waals surface area contributed by atoms with Gasteiger partial charge in [-0.2, -0.15) is 0 Å². The highest BCUT2D eigenvalue weighted by molar-refractivity contribution is 5.61. The summed E-state index contributed by atoms with van der Waals surface area (Å²) in [4.78, 5) is 4.16. The molecule has 0 aromatic carbocycles. The van der Waals surface area contributed by atoms with Crippen molar-refractivity contribution in [3.05, 3.63) is 18.7 Å². The van der Waals surface area contributed by atoms with Crippen LogP contribution < -0.4 is 5.32 Å². The lowest BCUT2D eigenvalue weighted by molar-refractivity contribution is 0.188. The van der Waals surface area contributed by atoms with E-state index in [1.165, 1.54) is 0 Å². The van der Waals surface area contributed by atoms with Crippen LogP contribution in [-0.4, -0.2) is 37.3 Å². The Hall–Kier alpha value is -1.69. The molecule has 0 aliphatic heterocycles. The summed E-state index contributed by atoms with van der Waals surface area (Å²) in [5.41, 5.74) is 0.697. The van der Waals surface area contributed by atoms with Gasteiger partial charge in [-0.25, -0.2) is 4.98 Å². The van der Waals surface area contributed by atoms with Gasteiger partial charge < -0.3 is 10.4 Å². The highest BCUT2D eigenvalue weighted by atomic mass is 16.3. The minimum absolute atomic E-state index is 0.310. The number of aromatic nitrogens is 4. The second-order valence-electron chi connectivity index (χ2n) is 3.40. The van der Waals surface area contributed by atoms with Gasteiger partial charge in [0.25, 0.3) is 0 Å². The van der Waals surface area contributed by atoms with Gasteiger partial charge in [0.2, 0.25) is 5.65 Å². The highest BCUT2D eigenvalue weighted by Gasteiger charge is 2.03. The Labute approximate surface area is 87.0 Å². The van der Waals surface area contributed by atoms with E-state index in [1.807, 2.05) is 0 Å². The van der Waals surface area contributed by atoms with Crippen molar-refractivity contribution in [2.75, 3.05) is 11.9 Å². The average Bonchev–Trinajstić information content (AvgIpc) is 2.65. The molecule has 6 heteroatoms. The first-order valence-corrected chi connectivity index (χ1v) is 4.83. The summed E-state index contributed by atoms with van der Waals surface area (Å²) < 4.78 is 1.79. The lowest BCUT2D eigenvalue weighted by Gasteiger charge is -2.07.